The number of anilines is 1. The quantitative estimate of drug-likeness (QED) is 0.273. The number of carbonyl (C=O) groups is 2. The maximum Gasteiger partial charge on any atom is 0.264 e. The van der Waals surface area contributed by atoms with Gasteiger partial charge in [-0.2, -0.15) is 0 Å². The Bertz CT molecular complexity index is 1520. The number of amides is 2. The molecule has 0 aromatic heterocycles. The number of sulfonamides is 1. The summed E-state index contributed by atoms with van der Waals surface area (Å²) in [6.07, 6.45) is 5.16. The summed E-state index contributed by atoms with van der Waals surface area (Å²) >= 11 is 3.49. The number of halogens is 1. The number of rotatable bonds is 10. The monoisotopic (exact) mass is 653 g/mol. The van der Waals surface area contributed by atoms with Crippen LogP contribution >= 0.6 is 15.9 Å². The Labute approximate surface area is 258 Å². The summed E-state index contributed by atoms with van der Waals surface area (Å²) in [4.78, 5) is 29.3. The van der Waals surface area contributed by atoms with E-state index in [1.54, 1.807) is 43.3 Å². The van der Waals surface area contributed by atoms with Crippen LogP contribution in [0.4, 0.5) is 5.69 Å². The highest BCUT2D eigenvalue weighted by Gasteiger charge is 2.34. The minimum Gasteiger partial charge on any atom is -0.352 e. The van der Waals surface area contributed by atoms with Crippen molar-refractivity contribution >= 4 is 43.5 Å². The lowest BCUT2D eigenvalue weighted by Crippen LogP contribution is -2.53. The first-order valence-electron chi connectivity index (χ1n) is 14.5. The fourth-order valence-corrected chi connectivity index (χ4v) is 7.26. The number of benzene rings is 3. The molecule has 1 saturated carbocycles. The second-order valence-corrected chi connectivity index (χ2v) is 14.0. The molecule has 224 valence electrons. The summed E-state index contributed by atoms with van der Waals surface area (Å²) in [5, 5.41) is 3.14. The first kappa shape index (κ1) is 31.8. The Balaban J connectivity index is 1.71. The number of carbonyl (C=O) groups excluding carboxylic acids is 2. The molecule has 1 unspecified atom stereocenters. The van der Waals surface area contributed by atoms with Crippen molar-refractivity contribution in [1.82, 2.24) is 10.2 Å². The average molecular weight is 655 g/mol. The molecule has 0 saturated heterocycles. The maximum absolute atomic E-state index is 14.2. The van der Waals surface area contributed by atoms with Gasteiger partial charge >= 0.3 is 0 Å². The molecule has 4 rings (SSSR count). The molecule has 9 heteroatoms. The van der Waals surface area contributed by atoms with Crippen LogP contribution in [-0.2, 0) is 26.2 Å². The molecule has 1 atom stereocenters. The molecule has 0 heterocycles. The van der Waals surface area contributed by atoms with E-state index in [-0.39, 0.29) is 23.4 Å². The SMILES string of the molecule is Cc1ccc(S(=O)(=O)N(CC(=O)N(Cc2cccc(Br)c2)C(C)C(=O)NC2CCCCC2)c2cccc(C)c2C)cc1. The summed E-state index contributed by atoms with van der Waals surface area (Å²) < 4.78 is 30.2. The maximum atomic E-state index is 14.2. The fourth-order valence-electron chi connectivity index (χ4n) is 5.34. The van der Waals surface area contributed by atoms with E-state index in [4.69, 9.17) is 0 Å². The highest BCUT2D eigenvalue weighted by molar-refractivity contribution is 9.10. The summed E-state index contributed by atoms with van der Waals surface area (Å²) in [5.41, 5.74) is 3.87. The average Bonchev–Trinajstić information content (AvgIpc) is 2.96. The van der Waals surface area contributed by atoms with Crippen LogP contribution in [0, 0.1) is 20.8 Å². The molecule has 1 aliphatic carbocycles. The molecule has 1 N–H and O–H groups in total. The molecule has 1 aliphatic rings. The number of hydrogen-bond acceptors (Lipinski definition) is 4. The van der Waals surface area contributed by atoms with Crippen molar-refractivity contribution in [2.75, 3.05) is 10.8 Å². The Hall–Kier alpha value is -3.17. The molecule has 3 aromatic carbocycles. The van der Waals surface area contributed by atoms with Crippen LogP contribution in [0.1, 0.15) is 61.3 Å². The van der Waals surface area contributed by atoms with Crippen molar-refractivity contribution in [3.8, 4) is 0 Å². The lowest BCUT2D eigenvalue weighted by molar-refractivity contribution is -0.139. The number of nitrogens with one attached hydrogen (secondary N) is 1. The third kappa shape index (κ3) is 7.61. The molecule has 0 bridgehead atoms. The molecule has 7 nitrogen and oxygen atoms in total. The van der Waals surface area contributed by atoms with Crippen LogP contribution < -0.4 is 9.62 Å². The molecular weight excluding hydrogens is 614 g/mol. The van der Waals surface area contributed by atoms with Crippen molar-refractivity contribution in [3.63, 3.8) is 0 Å². The Morgan fingerprint density at radius 2 is 1.62 bits per heavy atom. The van der Waals surface area contributed by atoms with E-state index < -0.39 is 28.5 Å². The molecule has 42 heavy (non-hydrogen) atoms. The van der Waals surface area contributed by atoms with Crippen molar-refractivity contribution in [2.45, 2.75) is 83.3 Å². The van der Waals surface area contributed by atoms with Gasteiger partial charge in [0.25, 0.3) is 10.0 Å². The van der Waals surface area contributed by atoms with Crippen molar-refractivity contribution in [3.05, 3.63) is 93.5 Å². The lowest BCUT2D eigenvalue weighted by atomic mass is 9.95. The highest BCUT2D eigenvalue weighted by atomic mass is 79.9. The normalized spacial score (nSPS) is 14.7. The third-order valence-corrected chi connectivity index (χ3v) is 10.4. The molecule has 0 aliphatic heterocycles. The van der Waals surface area contributed by atoms with Crippen LogP contribution in [0.5, 0.6) is 0 Å². The molecule has 0 spiro atoms. The largest absolute Gasteiger partial charge is 0.352 e. The number of hydrogen-bond donors (Lipinski definition) is 1. The van der Waals surface area contributed by atoms with Gasteiger partial charge in [0, 0.05) is 17.1 Å². The van der Waals surface area contributed by atoms with E-state index in [2.05, 4.69) is 21.2 Å². The third-order valence-electron chi connectivity index (χ3n) is 8.09. The Kier molecular flexibility index (Phi) is 10.5. The van der Waals surface area contributed by atoms with Gasteiger partial charge in [-0.15, -0.1) is 0 Å². The van der Waals surface area contributed by atoms with E-state index in [0.29, 0.717) is 5.69 Å². The van der Waals surface area contributed by atoms with Gasteiger partial charge in [-0.25, -0.2) is 8.42 Å². The van der Waals surface area contributed by atoms with E-state index in [9.17, 15) is 18.0 Å². The van der Waals surface area contributed by atoms with Crippen molar-refractivity contribution in [1.29, 1.82) is 0 Å². The molecule has 3 aromatic rings. The zero-order valence-electron chi connectivity index (χ0n) is 24.8. The second-order valence-electron chi connectivity index (χ2n) is 11.2. The first-order valence-corrected chi connectivity index (χ1v) is 16.7. The zero-order chi connectivity index (χ0) is 30.4. The lowest BCUT2D eigenvalue weighted by Gasteiger charge is -2.33. The minimum atomic E-state index is -4.11. The fraction of sp³-hybridized carbons (Fsp3) is 0.394. The summed E-state index contributed by atoms with van der Waals surface area (Å²) in [7, 11) is -4.11. The van der Waals surface area contributed by atoms with Gasteiger partial charge in [-0.05, 0) is 87.6 Å². The predicted octanol–water partition coefficient (Wildman–Crippen LogP) is 6.44. The van der Waals surface area contributed by atoms with Crippen molar-refractivity contribution in [2.24, 2.45) is 0 Å². The molecule has 0 radical (unpaired) electrons. The minimum absolute atomic E-state index is 0.0879. The zero-order valence-corrected chi connectivity index (χ0v) is 27.2. The topological polar surface area (TPSA) is 86.8 Å². The predicted molar refractivity (Wildman–Crippen MR) is 171 cm³/mol. The molecular formula is C33H40BrN3O4S. The van der Waals surface area contributed by atoms with Gasteiger partial charge in [0.2, 0.25) is 11.8 Å². The van der Waals surface area contributed by atoms with E-state index in [1.807, 2.05) is 51.1 Å². The van der Waals surface area contributed by atoms with Gasteiger partial charge in [0.05, 0.1) is 10.6 Å². The van der Waals surface area contributed by atoms with Crippen LogP contribution in [0.2, 0.25) is 0 Å². The molecule has 1 fully saturated rings. The van der Waals surface area contributed by atoms with Gasteiger partial charge < -0.3 is 10.2 Å². The summed E-state index contributed by atoms with van der Waals surface area (Å²) in [6, 6.07) is 18.9. The van der Waals surface area contributed by atoms with Gasteiger partial charge in [-0.1, -0.05) is 77.2 Å². The van der Waals surface area contributed by atoms with E-state index >= 15 is 0 Å². The standard InChI is InChI=1S/C33H40BrN3O4S/c1-23-16-18-30(19-17-23)42(40,41)37(31-15-8-10-24(2)25(31)3)22-32(38)36(21-27-11-9-12-28(34)20-27)26(4)33(39)35-29-13-6-5-7-14-29/h8-12,15-20,26,29H,5-7,13-14,21-22H2,1-4H3,(H,35,39). The summed E-state index contributed by atoms with van der Waals surface area (Å²) in [6.45, 7) is 7.08. The van der Waals surface area contributed by atoms with Gasteiger partial charge in [0.15, 0.2) is 0 Å². The van der Waals surface area contributed by atoms with Gasteiger partial charge in [-0.3, -0.25) is 13.9 Å². The molecule has 2 amide bonds. The smallest absolute Gasteiger partial charge is 0.264 e. The van der Waals surface area contributed by atoms with E-state index in [1.165, 1.54) is 15.6 Å². The Morgan fingerprint density at radius 1 is 0.952 bits per heavy atom. The van der Waals surface area contributed by atoms with Crippen molar-refractivity contribution < 1.29 is 18.0 Å². The second kappa shape index (κ2) is 13.9. The number of nitrogens with zero attached hydrogens (tertiary/aromatic N) is 2. The number of aryl methyl sites for hydroxylation is 2. The van der Waals surface area contributed by atoms with E-state index in [0.717, 1.165) is 52.4 Å². The van der Waals surface area contributed by atoms with Gasteiger partial charge in [0.1, 0.15) is 12.6 Å². The van der Waals surface area contributed by atoms with Crippen LogP contribution in [0.15, 0.2) is 76.1 Å². The van der Waals surface area contributed by atoms with Crippen LogP contribution in [0.3, 0.4) is 0 Å². The summed E-state index contributed by atoms with van der Waals surface area (Å²) in [5.74, 6) is -0.692. The van der Waals surface area contributed by atoms with Crippen LogP contribution in [0.25, 0.3) is 0 Å². The Morgan fingerprint density at radius 3 is 2.29 bits per heavy atom. The first-order chi connectivity index (χ1) is 20.0. The highest BCUT2D eigenvalue weighted by Crippen LogP contribution is 2.29. The van der Waals surface area contributed by atoms with Crippen LogP contribution in [-0.4, -0.2) is 43.8 Å².